The molecule has 0 aliphatic rings. The normalized spacial score (nSPS) is 13.5. The van der Waals surface area contributed by atoms with E-state index >= 15 is 0 Å². The van der Waals surface area contributed by atoms with E-state index in [1.807, 2.05) is 20.8 Å². The van der Waals surface area contributed by atoms with Crippen LogP contribution in [-0.4, -0.2) is 33.8 Å². The van der Waals surface area contributed by atoms with Gasteiger partial charge in [-0.25, -0.2) is 0 Å². The minimum Gasteiger partial charge on any atom is -0.342 e. The number of hydrogen-bond acceptors (Lipinski definition) is 6. The number of anilines is 1. The Balaban J connectivity index is 2.87. The molecule has 2 amide bonds. The Morgan fingerprint density at radius 1 is 1.24 bits per heavy atom. The lowest BCUT2D eigenvalue weighted by atomic mass is 10.0. The molecule has 0 aromatic heterocycles. The second-order valence-electron chi connectivity index (χ2n) is 6.96. The highest BCUT2D eigenvalue weighted by Gasteiger charge is 2.32. The molecule has 0 saturated carbocycles. The van der Waals surface area contributed by atoms with Gasteiger partial charge < -0.3 is 10.6 Å². The number of non-ortho nitro benzene ring substituents is 1. The zero-order valence-corrected chi connectivity index (χ0v) is 17.6. The van der Waals surface area contributed by atoms with Crippen LogP contribution in [0.5, 0.6) is 0 Å². The van der Waals surface area contributed by atoms with E-state index in [1.165, 1.54) is 24.3 Å². The molecule has 0 radical (unpaired) electrons. The summed E-state index contributed by atoms with van der Waals surface area (Å²) in [6.07, 6.45) is 0.834. The second kappa shape index (κ2) is 12.2. The largest absolute Gasteiger partial charge is 0.695 e. The predicted molar refractivity (Wildman–Crippen MR) is 107 cm³/mol. The Hall–Kier alpha value is -2.42. The fourth-order valence-electron chi connectivity index (χ4n) is 2.59. The van der Waals surface area contributed by atoms with Gasteiger partial charge in [0.2, 0.25) is 5.91 Å². The summed E-state index contributed by atoms with van der Waals surface area (Å²) in [5.41, 5.74) is 0.241. The van der Waals surface area contributed by atoms with Crippen molar-refractivity contribution in [2.45, 2.75) is 58.6 Å². The summed E-state index contributed by atoms with van der Waals surface area (Å²) in [5, 5.41) is 15.9. The highest BCUT2D eigenvalue weighted by Crippen LogP contribution is 2.22. The van der Waals surface area contributed by atoms with Crippen molar-refractivity contribution in [1.29, 1.82) is 0 Å². The molecule has 0 heterocycles. The van der Waals surface area contributed by atoms with Gasteiger partial charge in [-0.1, -0.05) is 33.6 Å². The molecule has 160 valence electrons. The molecule has 3 N–H and O–H groups in total. The number of carbonyl (C=O) groups excluding carboxylic acids is 2. The topological polar surface area (TPSA) is 148 Å². The predicted octanol–water partition coefficient (Wildman–Crippen LogP) is 3.29. The van der Waals surface area contributed by atoms with Crippen molar-refractivity contribution in [2.75, 3.05) is 5.32 Å². The lowest BCUT2D eigenvalue weighted by Gasteiger charge is -2.21. The number of nitro groups is 1. The Labute approximate surface area is 170 Å². The molecule has 1 rings (SSSR count). The lowest BCUT2D eigenvalue weighted by Crippen LogP contribution is -2.48. The van der Waals surface area contributed by atoms with E-state index in [2.05, 4.69) is 10.6 Å². The number of nitro benzene ring substituents is 1. The molecule has 0 fully saturated rings. The average Bonchev–Trinajstić information content (AvgIpc) is 2.64. The Kier molecular flexibility index (Phi) is 10.4. The van der Waals surface area contributed by atoms with Gasteiger partial charge in [-0.2, -0.15) is 0 Å². The smallest absolute Gasteiger partial charge is 0.342 e. The maximum atomic E-state index is 12.7. The summed E-state index contributed by atoms with van der Waals surface area (Å²) in [6, 6.07) is 4.42. The molecular formula is C18H27N3O7P+. The molecular weight excluding hydrogens is 401 g/mol. The molecule has 29 heavy (non-hydrogen) atoms. The van der Waals surface area contributed by atoms with Gasteiger partial charge in [0.1, 0.15) is 6.04 Å². The first-order valence-electron chi connectivity index (χ1n) is 9.32. The van der Waals surface area contributed by atoms with Crippen molar-refractivity contribution >= 4 is 31.4 Å². The third-order valence-corrected chi connectivity index (χ3v) is 4.45. The number of nitrogens with one attached hydrogen (secondary N) is 2. The van der Waals surface area contributed by atoms with Gasteiger partial charge in [0.25, 0.3) is 11.6 Å². The summed E-state index contributed by atoms with van der Waals surface area (Å²) >= 11 is 0. The quantitative estimate of drug-likeness (QED) is 0.263. The van der Waals surface area contributed by atoms with Crippen LogP contribution < -0.4 is 10.6 Å². The molecule has 11 heteroatoms. The SMILES string of the molecule is CCCC[C@@H](O[P+](=O)O)C(=O)N[C@@H](CC(C)C)C(=O)Nc1ccc([N+](=O)[O-])cc1. The zero-order valence-electron chi connectivity index (χ0n) is 16.7. The van der Waals surface area contributed by atoms with E-state index in [9.17, 15) is 24.3 Å². The van der Waals surface area contributed by atoms with Gasteiger partial charge in [0, 0.05) is 22.4 Å². The van der Waals surface area contributed by atoms with E-state index in [0.29, 0.717) is 18.5 Å². The van der Waals surface area contributed by atoms with Gasteiger partial charge >= 0.3 is 8.25 Å². The van der Waals surface area contributed by atoms with Crippen molar-refractivity contribution in [2.24, 2.45) is 5.92 Å². The number of nitrogens with zero attached hydrogens (tertiary/aromatic N) is 1. The molecule has 0 aliphatic carbocycles. The molecule has 1 aromatic rings. The number of hydrogen-bond donors (Lipinski definition) is 3. The van der Waals surface area contributed by atoms with Crippen molar-refractivity contribution in [1.82, 2.24) is 5.32 Å². The van der Waals surface area contributed by atoms with Crippen molar-refractivity contribution < 1.29 is 28.5 Å². The first kappa shape index (κ1) is 24.6. The standard InChI is InChI=1S/C18H26N3O7P/c1-4-5-6-16(28-29(26)27)18(23)20-15(11-12(2)3)17(22)19-13-7-9-14(10-8-13)21(24)25/h7-10,12,15-16H,4-6,11H2,1-3H3,(H2-,19,20,22,23,26,27)/p+1/t15-,16+/m0/s1. The van der Waals surface area contributed by atoms with Crippen LogP contribution >= 0.6 is 8.25 Å². The van der Waals surface area contributed by atoms with E-state index in [1.54, 1.807) is 0 Å². The van der Waals surface area contributed by atoms with Gasteiger partial charge in [-0.3, -0.25) is 19.7 Å². The fourth-order valence-corrected chi connectivity index (χ4v) is 3.01. The molecule has 1 unspecified atom stereocenters. The van der Waals surface area contributed by atoms with E-state index in [4.69, 9.17) is 9.42 Å². The maximum Gasteiger partial charge on any atom is 0.695 e. The maximum absolute atomic E-state index is 12.7. The summed E-state index contributed by atoms with van der Waals surface area (Å²) in [7, 11) is -2.96. The number of amides is 2. The van der Waals surface area contributed by atoms with Gasteiger partial charge in [-0.15, -0.1) is 9.42 Å². The zero-order chi connectivity index (χ0) is 22.0. The molecule has 3 atom stereocenters. The number of rotatable bonds is 12. The Morgan fingerprint density at radius 3 is 2.34 bits per heavy atom. The third-order valence-electron chi connectivity index (χ3n) is 4.02. The minimum absolute atomic E-state index is 0.0763. The van der Waals surface area contributed by atoms with Crippen LogP contribution in [-0.2, 0) is 18.7 Å². The van der Waals surface area contributed by atoms with Crippen LogP contribution in [0.4, 0.5) is 11.4 Å². The number of benzene rings is 1. The van der Waals surface area contributed by atoms with Gasteiger partial charge in [0.05, 0.1) is 4.92 Å². The monoisotopic (exact) mass is 428 g/mol. The summed E-state index contributed by atoms with van der Waals surface area (Å²) in [6.45, 7) is 5.68. The minimum atomic E-state index is -2.96. The molecule has 0 saturated heterocycles. The average molecular weight is 428 g/mol. The van der Waals surface area contributed by atoms with Gasteiger partial charge in [-0.05, 0) is 30.9 Å². The van der Waals surface area contributed by atoms with Crippen LogP contribution in [0, 0.1) is 16.0 Å². The molecule has 1 aromatic carbocycles. The molecule has 0 spiro atoms. The van der Waals surface area contributed by atoms with Crippen molar-refractivity contribution in [3.05, 3.63) is 34.4 Å². The van der Waals surface area contributed by atoms with Crippen molar-refractivity contribution in [3.63, 3.8) is 0 Å². The van der Waals surface area contributed by atoms with Crippen LogP contribution in [0.2, 0.25) is 0 Å². The first-order valence-corrected chi connectivity index (χ1v) is 10.5. The highest BCUT2D eigenvalue weighted by molar-refractivity contribution is 7.32. The second-order valence-corrected chi connectivity index (χ2v) is 7.64. The van der Waals surface area contributed by atoms with Crippen LogP contribution in [0.25, 0.3) is 0 Å². The van der Waals surface area contributed by atoms with Crippen LogP contribution in [0.15, 0.2) is 24.3 Å². The molecule has 0 bridgehead atoms. The summed E-state index contributed by atoms with van der Waals surface area (Å²) in [4.78, 5) is 44.3. The number of carbonyl (C=O) groups is 2. The highest BCUT2D eigenvalue weighted by atomic mass is 31.1. The first-order chi connectivity index (χ1) is 13.6. The Bertz CT molecular complexity index is 725. The summed E-state index contributed by atoms with van der Waals surface area (Å²) < 4.78 is 15.8. The molecule has 0 aliphatic heterocycles. The number of unbranched alkanes of at least 4 members (excludes halogenated alkanes) is 1. The van der Waals surface area contributed by atoms with Gasteiger partial charge in [0.15, 0.2) is 6.10 Å². The van der Waals surface area contributed by atoms with E-state index in [-0.39, 0.29) is 18.0 Å². The third kappa shape index (κ3) is 9.08. The van der Waals surface area contributed by atoms with Crippen LogP contribution in [0.3, 0.4) is 0 Å². The lowest BCUT2D eigenvalue weighted by molar-refractivity contribution is -0.384. The van der Waals surface area contributed by atoms with Crippen molar-refractivity contribution in [3.8, 4) is 0 Å². The fraction of sp³-hybridized carbons (Fsp3) is 0.556. The van der Waals surface area contributed by atoms with Crippen LogP contribution in [0.1, 0.15) is 46.5 Å². The van der Waals surface area contributed by atoms with E-state index in [0.717, 1.165) is 6.42 Å². The Morgan fingerprint density at radius 2 is 1.86 bits per heavy atom. The summed E-state index contributed by atoms with van der Waals surface area (Å²) in [5.74, 6) is -1.06. The van der Waals surface area contributed by atoms with E-state index < -0.39 is 37.1 Å². The molecule has 10 nitrogen and oxygen atoms in total.